The molecule has 2 rings (SSSR count). The topological polar surface area (TPSA) is 45.7 Å². The zero-order valence-electron chi connectivity index (χ0n) is 12.2. The number of hydrogen-bond donors (Lipinski definition) is 2. The summed E-state index contributed by atoms with van der Waals surface area (Å²) in [6, 6.07) is 17.7. The van der Waals surface area contributed by atoms with E-state index in [0.29, 0.717) is 6.54 Å². The lowest BCUT2D eigenvalue weighted by atomic mass is 10.2. The third-order valence-electron chi connectivity index (χ3n) is 2.85. The highest BCUT2D eigenvalue weighted by Gasteiger charge is 2.04. The van der Waals surface area contributed by atoms with Crippen molar-refractivity contribution in [3.63, 3.8) is 0 Å². The van der Waals surface area contributed by atoms with E-state index in [1.165, 1.54) is 0 Å². The van der Waals surface area contributed by atoms with Crippen LogP contribution in [0.1, 0.15) is 5.56 Å². The van der Waals surface area contributed by atoms with E-state index in [4.69, 9.17) is 4.74 Å². The number of para-hydroxylation sites is 2. The molecule has 0 radical (unpaired) electrons. The third-order valence-corrected chi connectivity index (χ3v) is 2.85. The molecule has 0 amide bonds. The number of rotatable bonds is 4. The van der Waals surface area contributed by atoms with Crippen molar-refractivity contribution in [2.45, 2.75) is 6.54 Å². The molecule has 2 N–H and O–H groups in total. The summed E-state index contributed by atoms with van der Waals surface area (Å²) in [4.78, 5) is 4.09. The van der Waals surface area contributed by atoms with Crippen LogP contribution in [0.4, 0.5) is 0 Å². The highest BCUT2D eigenvalue weighted by Crippen LogP contribution is 2.24. The number of hydrogen-bond acceptors (Lipinski definition) is 2. The molecule has 0 aliphatic carbocycles. The van der Waals surface area contributed by atoms with Gasteiger partial charge in [-0.2, -0.15) is 0 Å². The lowest BCUT2D eigenvalue weighted by Gasteiger charge is -2.13. The smallest absolute Gasteiger partial charge is 0.190 e. The standard InChI is InChI=1S/C16H19N3O.HI/c1-17-16(18-2)19-12-13-8-6-7-11-15(13)20-14-9-4-3-5-10-14;/h3-11H,12H2,1-2H3,(H2,17,18,19);1H. The Balaban J connectivity index is 0.00000220. The van der Waals surface area contributed by atoms with Crippen LogP contribution in [0.3, 0.4) is 0 Å². The third kappa shape index (κ3) is 5.26. The second-order valence-electron chi connectivity index (χ2n) is 4.20. The zero-order valence-corrected chi connectivity index (χ0v) is 14.5. The normalized spacial score (nSPS) is 10.5. The van der Waals surface area contributed by atoms with Crippen molar-refractivity contribution in [3.05, 3.63) is 60.2 Å². The Bertz CT molecular complexity index is 573. The number of nitrogens with one attached hydrogen (secondary N) is 2. The molecule has 0 aromatic heterocycles. The predicted molar refractivity (Wildman–Crippen MR) is 97.6 cm³/mol. The second-order valence-corrected chi connectivity index (χ2v) is 4.20. The van der Waals surface area contributed by atoms with Crippen molar-refractivity contribution < 1.29 is 4.74 Å². The van der Waals surface area contributed by atoms with E-state index in [1.54, 1.807) is 7.05 Å². The molecule has 0 heterocycles. The van der Waals surface area contributed by atoms with E-state index in [9.17, 15) is 0 Å². The van der Waals surface area contributed by atoms with Crippen molar-refractivity contribution >= 4 is 29.9 Å². The highest BCUT2D eigenvalue weighted by atomic mass is 127. The molecule has 5 heteroatoms. The van der Waals surface area contributed by atoms with Crippen LogP contribution in [0.2, 0.25) is 0 Å². The van der Waals surface area contributed by atoms with E-state index >= 15 is 0 Å². The summed E-state index contributed by atoms with van der Waals surface area (Å²) < 4.78 is 5.91. The molecular formula is C16H20IN3O. The Labute approximate surface area is 142 Å². The van der Waals surface area contributed by atoms with Gasteiger partial charge in [-0.25, -0.2) is 0 Å². The van der Waals surface area contributed by atoms with E-state index in [2.05, 4.69) is 15.6 Å². The van der Waals surface area contributed by atoms with E-state index < -0.39 is 0 Å². The van der Waals surface area contributed by atoms with Crippen LogP contribution in [0.5, 0.6) is 11.5 Å². The Kier molecular flexibility index (Phi) is 7.60. The van der Waals surface area contributed by atoms with Gasteiger partial charge in [0.1, 0.15) is 11.5 Å². The second kappa shape index (κ2) is 9.23. The van der Waals surface area contributed by atoms with Gasteiger partial charge in [0, 0.05) is 26.2 Å². The van der Waals surface area contributed by atoms with Gasteiger partial charge in [-0.05, 0) is 18.2 Å². The van der Waals surface area contributed by atoms with Gasteiger partial charge in [0.25, 0.3) is 0 Å². The van der Waals surface area contributed by atoms with Crippen LogP contribution >= 0.6 is 24.0 Å². The van der Waals surface area contributed by atoms with Gasteiger partial charge in [0.2, 0.25) is 0 Å². The Morgan fingerprint density at radius 1 is 1.05 bits per heavy atom. The summed E-state index contributed by atoms with van der Waals surface area (Å²) in [5.74, 6) is 2.43. The molecule has 4 nitrogen and oxygen atoms in total. The van der Waals surface area contributed by atoms with E-state index in [1.807, 2.05) is 61.6 Å². The molecule has 2 aromatic rings. The van der Waals surface area contributed by atoms with Gasteiger partial charge in [0.05, 0.1) is 0 Å². The molecule has 0 spiro atoms. The highest BCUT2D eigenvalue weighted by molar-refractivity contribution is 14.0. The fourth-order valence-corrected chi connectivity index (χ4v) is 1.82. The van der Waals surface area contributed by atoms with Gasteiger partial charge in [-0.1, -0.05) is 36.4 Å². The maximum absolute atomic E-state index is 5.91. The number of nitrogens with zero attached hydrogens (tertiary/aromatic N) is 1. The first-order valence-electron chi connectivity index (χ1n) is 6.52. The zero-order chi connectivity index (χ0) is 14.2. The Hall–Kier alpha value is -1.76. The largest absolute Gasteiger partial charge is 0.457 e. The summed E-state index contributed by atoms with van der Waals surface area (Å²) in [5.41, 5.74) is 1.08. The molecule has 0 aliphatic heterocycles. The number of halogens is 1. The van der Waals surface area contributed by atoms with Crippen molar-refractivity contribution in [2.24, 2.45) is 4.99 Å². The minimum Gasteiger partial charge on any atom is -0.457 e. The van der Waals surface area contributed by atoms with Crippen molar-refractivity contribution in [2.75, 3.05) is 14.1 Å². The van der Waals surface area contributed by atoms with E-state index in [-0.39, 0.29) is 24.0 Å². The lowest BCUT2D eigenvalue weighted by Crippen LogP contribution is -2.34. The maximum Gasteiger partial charge on any atom is 0.190 e. The number of benzene rings is 2. The first-order valence-corrected chi connectivity index (χ1v) is 6.52. The molecule has 2 aromatic carbocycles. The fraction of sp³-hybridized carbons (Fsp3) is 0.188. The summed E-state index contributed by atoms with van der Waals surface area (Å²) in [7, 11) is 3.58. The predicted octanol–water partition coefficient (Wildman–Crippen LogP) is 3.39. The van der Waals surface area contributed by atoms with Crippen LogP contribution in [-0.2, 0) is 6.54 Å². The summed E-state index contributed by atoms with van der Waals surface area (Å²) in [6.07, 6.45) is 0. The fourth-order valence-electron chi connectivity index (χ4n) is 1.82. The van der Waals surface area contributed by atoms with Gasteiger partial charge in [-0.3, -0.25) is 4.99 Å². The van der Waals surface area contributed by atoms with E-state index in [0.717, 1.165) is 23.0 Å². The molecule has 0 saturated heterocycles. The number of guanidine groups is 1. The molecule has 112 valence electrons. The maximum atomic E-state index is 5.91. The van der Waals surface area contributed by atoms with Gasteiger partial charge < -0.3 is 15.4 Å². The summed E-state index contributed by atoms with van der Waals surface area (Å²) in [5, 5.41) is 6.21. The average Bonchev–Trinajstić information content (AvgIpc) is 2.51. The van der Waals surface area contributed by atoms with Crippen molar-refractivity contribution in [1.29, 1.82) is 0 Å². The van der Waals surface area contributed by atoms with Gasteiger partial charge in [-0.15, -0.1) is 24.0 Å². The average molecular weight is 397 g/mol. The molecule has 0 atom stereocenters. The molecule has 21 heavy (non-hydrogen) atoms. The SMILES string of the molecule is CN=C(NC)NCc1ccccc1Oc1ccccc1.I. The van der Waals surface area contributed by atoms with Crippen LogP contribution in [0.25, 0.3) is 0 Å². The monoisotopic (exact) mass is 397 g/mol. The summed E-state index contributed by atoms with van der Waals surface area (Å²) >= 11 is 0. The lowest BCUT2D eigenvalue weighted by molar-refractivity contribution is 0.475. The van der Waals surface area contributed by atoms with Crippen LogP contribution < -0.4 is 15.4 Å². The molecule has 0 fully saturated rings. The molecule has 0 aliphatic rings. The van der Waals surface area contributed by atoms with Crippen molar-refractivity contribution in [1.82, 2.24) is 10.6 Å². The Morgan fingerprint density at radius 3 is 2.38 bits per heavy atom. The van der Waals surface area contributed by atoms with Crippen LogP contribution in [0, 0.1) is 0 Å². The number of ether oxygens (including phenoxy) is 1. The minimum absolute atomic E-state index is 0. The molecular weight excluding hydrogens is 377 g/mol. The first kappa shape index (κ1) is 17.3. The quantitative estimate of drug-likeness (QED) is 0.473. The van der Waals surface area contributed by atoms with Crippen LogP contribution in [-0.4, -0.2) is 20.1 Å². The number of aliphatic imine (C=N–C) groups is 1. The van der Waals surface area contributed by atoms with Gasteiger partial charge >= 0.3 is 0 Å². The first-order chi connectivity index (χ1) is 9.83. The van der Waals surface area contributed by atoms with Crippen LogP contribution in [0.15, 0.2) is 59.6 Å². The molecule has 0 unspecified atom stereocenters. The molecule has 0 bridgehead atoms. The molecule has 0 saturated carbocycles. The summed E-state index contributed by atoms with van der Waals surface area (Å²) in [6.45, 7) is 0.649. The van der Waals surface area contributed by atoms with Crippen molar-refractivity contribution in [3.8, 4) is 11.5 Å². The minimum atomic E-state index is 0. The van der Waals surface area contributed by atoms with Gasteiger partial charge in [0.15, 0.2) is 5.96 Å². The Morgan fingerprint density at radius 2 is 1.71 bits per heavy atom.